The molecule has 0 spiro atoms. The summed E-state index contributed by atoms with van der Waals surface area (Å²) in [5, 5.41) is 12.6. The Balaban J connectivity index is 1.42. The Morgan fingerprint density at radius 3 is 2.57 bits per heavy atom. The lowest BCUT2D eigenvalue weighted by Gasteiger charge is -2.16. The number of aromatic nitrogens is 2. The smallest absolute Gasteiger partial charge is 0.249 e. The molecule has 0 amide bonds. The molecule has 2 heterocycles. The van der Waals surface area contributed by atoms with E-state index in [-0.39, 0.29) is 12.8 Å². The van der Waals surface area contributed by atoms with Crippen molar-refractivity contribution in [1.82, 2.24) is 15.5 Å². The summed E-state index contributed by atoms with van der Waals surface area (Å²) in [5.74, 6) is 2.38. The third-order valence-corrected chi connectivity index (χ3v) is 5.20. The molecule has 1 N–H and O–H groups in total. The topological polar surface area (TPSA) is 69.4 Å². The maximum Gasteiger partial charge on any atom is 0.249 e. The molecule has 0 radical (unpaired) electrons. The zero-order valence-corrected chi connectivity index (χ0v) is 16.7. The van der Waals surface area contributed by atoms with Crippen molar-refractivity contribution in [1.29, 1.82) is 0 Å². The van der Waals surface area contributed by atoms with Gasteiger partial charge in [0.1, 0.15) is 6.04 Å². The third-order valence-electron chi connectivity index (χ3n) is 4.87. The van der Waals surface area contributed by atoms with Gasteiger partial charge in [0.15, 0.2) is 11.5 Å². The molecule has 150 valence electrons. The first-order chi connectivity index (χ1) is 14.8. The van der Waals surface area contributed by atoms with Crippen LogP contribution in [0.2, 0.25) is 5.02 Å². The first-order valence-electron chi connectivity index (χ1n) is 9.53. The lowest BCUT2D eigenvalue weighted by molar-refractivity contribution is 0.174. The molecular formula is C23H18ClN3O3. The van der Waals surface area contributed by atoms with Crippen LogP contribution < -0.4 is 14.8 Å². The zero-order valence-electron chi connectivity index (χ0n) is 15.9. The van der Waals surface area contributed by atoms with Crippen LogP contribution in [0.15, 0.2) is 77.2 Å². The van der Waals surface area contributed by atoms with Crippen molar-refractivity contribution in [2.45, 2.75) is 12.6 Å². The van der Waals surface area contributed by atoms with Crippen molar-refractivity contribution in [3.63, 3.8) is 0 Å². The quantitative estimate of drug-likeness (QED) is 0.474. The summed E-state index contributed by atoms with van der Waals surface area (Å²) in [5.41, 5.74) is 2.79. The average molecular weight is 420 g/mol. The van der Waals surface area contributed by atoms with Crippen LogP contribution in [0, 0.1) is 0 Å². The highest BCUT2D eigenvalue weighted by molar-refractivity contribution is 6.33. The highest BCUT2D eigenvalue weighted by Gasteiger charge is 2.22. The lowest BCUT2D eigenvalue weighted by atomic mass is 10.1. The Kier molecular flexibility index (Phi) is 5.09. The van der Waals surface area contributed by atoms with E-state index in [1.165, 1.54) is 0 Å². The molecule has 30 heavy (non-hydrogen) atoms. The Hall–Kier alpha value is -3.35. The van der Waals surface area contributed by atoms with E-state index in [2.05, 4.69) is 15.5 Å². The van der Waals surface area contributed by atoms with Gasteiger partial charge in [-0.25, -0.2) is 0 Å². The Morgan fingerprint density at radius 1 is 0.900 bits per heavy atom. The Morgan fingerprint density at radius 2 is 1.70 bits per heavy atom. The highest BCUT2D eigenvalue weighted by atomic mass is 35.5. The van der Waals surface area contributed by atoms with E-state index in [1.807, 2.05) is 66.7 Å². The molecule has 1 aromatic heterocycles. The van der Waals surface area contributed by atoms with Gasteiger partial charge in [-0.05, 0) is 35.4 Å². The molecule has 1 aliphatic rings. The summed E-state index contributed by atoms with van der Waals surface area (Å²) < 4.78 is 16.9. The number of nitrogens with zero attached hydrogens (tertiary/aromatic N) is 2. The van der Waals surface area contributed by atoms with Crippen molar-refractivity contribution >= 4 is 11.6 Å². The molecule has 1 unspecified atom stereocenters. The third kappa shape index (κ3) is 3.75. The molecule has 1 aliphatic heterocycles. The molecular weight excluding hydrogens is 402 g/mol. The highest BCUT2D eigenvalue weighted by Crippen LogP contribution is 2.33. The second-order valence-electron chi connectivity index (χ2n) is 6.84. The standard InChI is InChI=1S/C23H18ClN3O3/c24-18-9-5-4-8-17(18)22-26-27-23(30-22)21(16-6-2-1-3-7-16)25-13-15-10-11-19-20(12-15)29-14-28-19/h1-12,21,25H,13-14H2. The molecule has 7 heteroatoms. The molecule has 0 saturated heterocycles. The molecule has 0 fully saturated rings. The fourth-order valence-corrected chi connectivity index (χ4v) is 3.58. The first kappa shape index (κ1) is 18.7. The molecule has 6 nitrogen and oxygen atoms in total. The summed E-state index contributed by atoms with van der Waals surface area (Å²) in [6, 6.07) is 23.0. The molecule has 4 aromatic rings. The second-order valence-corrected chi connectivity index (χ2v) is 7.24. The summed E-state index contributed by atoms with van der Waals surface area (Å²) in [6.45, 7) is 0.839. The van der Waals surface area contributed by atoms with Gasteiger partial charge in [0, 0.05) is 6.54 Å². The number of nitrogens with one attached hydrogen (secondary N) is 1. The monoisotopic (exact) mass is 419 g/mol. The summed E-state index contributed by atoms with van der Waals surface area (Å²) in [7, 11) is 0. The minimum atomic E-state index is -0.277. The van der Waals surface area contributed by atoms with Gasteiger partial charge in [0.05, 0.1) is 10.6 Å². The van der Waals surface area contributed by atoms with Crippen LogP contribution in [0.3, 0.4) is 0 Å². The van der Waals surface area contributed by atoms with Crippen LogP contribution in [0.4, 0.5) is 0 Å². The van der Waals surface area contributed by atoms with Gasteiger partial charge < -0.3 is 13.9 Å². The van der Waals surface area contributed by atoms with E-state index < -0.39 is 0 Å². The molecule has 0 saturated carbocycles. The fraction of sp³-hybridized carbons (Fsp3) is 0.130. The Labute approximate surface area is 178 Å². The first-order valence-corrected chi connectivity index (χ1v) is 9.91. The van der Waals surface area contributed by atoms with Gasteiger partial charge in [0.2, 0.25) is 18.6 Å². The molecule has 0 aliphatic carbocycles. The van der Waals surface area contributed by atoms with Crippen molar-refractivity contribution in [3.8, 4) is 23.0 Å². The van der Waals surface area contributed by atoms with Crippen LogP contribution in [-0.4, -0.2) is 17.0 Å². The summed E-state index contributed by atoms with van der Waals surface area (Å²) in [6.07, 6.45) is 0. The van der Waals surface area contributed by atoms with E-state index in [9.17, 15) is 0 Å². The minimum Gasteiger partial charge on any atom is -0.454 e. The van der Waals surface area contributed by atoms with E-state index >= 15 is 0 Å². The molecule has 5 rings (SSSR count). The molecule has 0 bridgehead atoms. The zero-order chi connectivity index (χ0) is 20.3. The number of hydrogen-bond acceptors (Lipinski definition) is 6. The van der Waals surface area contributed by atoms with Crippen molar-refractivity contribution in [2.24, 2.45) is 0 Å². The van der Waals surface area contributed by atoms with E-state index in [1.54, 1.807) is 6.07 Å². The number of benzene rings is 3. The van der Waals surface area contributed by atoms with E-state index in [0.29, 0.717) is 28.9 Å². The minimum absolute atomic E-state index is 0.256. The summed E-state index contributed by atoms with van der Waals surface area (Å²) in [4.78, 5) is 0. The summed E-state index contributed by atoms with van der Waals surface area (Å²) >= 11 is 6.29. The number of ether oxygens (including phenoxy) is 2. The van der Waals surface area contributed by atoms with Crippen LogP contribution >= 0.6 is 11.6 Å². The normalized spacial score (nSPS) is 13.4. The van der Waals surface area contributed by atoms with Gasteiger partial charge in [-0.1, -0.05) is 60.1 Å². The lowest BCUT2D eigenvalue weighted by Crippen LogP contribution is -2.22. The predicted molar refractivity (Wildman–Crippen MR) is 112 cm³/mol. The van der Waals surface area contributed by atoms with Crippen LogP contribution in [0.1, 0.15) is 23.1 Å². The predicted octanol–water partition coefficient (Wildman–Crippen LogP) is 5.00. The molecule has 1 atom stereocenters. The maximum absolute atomic E-state index is 6.29. The van der Waals surface area contributed by atoms with E-state index in [4.69, 9.17) is 25.5 Å². The number of halogens is 1. The van der Waals surface area contributed by atoms with Gasteiger partial charge in [-0.2, -0.15) is 0 Å². The van der Waals surface area contributed by atoms with Gasteiger partial charge in [-0.3, -0.25) is 5.32 Å². The Bertz CT molecular complexity index is 1160. The van der Waals surface area contributed by atoms with Crippen molar-refractivity contribution in [3.05, 3.63) is 94.8 Å². The van der Waals surface area contributed by atoms with Crippen molar-refractivity contribution < 1.29 is 13.9 Å². The average Bonchev–Trinajstić information content (AvgIpc) is 3.44. The number of hydrogen-bond donors (Lipinski definition) is 1. The van der Waals surface area contributed by atoms with Gasteiger partial charge in [-0.15, -0.1) is 10.2 Å². The fourth-order valence-electron chi connectivity index (χ4n) is 3.36. The molecule has 3 aromatic carbocycles. The van der Waals surface area contributed by atoms with Crippen LogP contribution in [0.5, 0.6) is 11.5 Å². The maximum atomic E-state index is 6.29. The largest absolute Gasteiger partial charge is 0.454 e. The SMILES string of the molecule is Clc1ccccc1-c1nnc(C(NCc2ccc3c(c2)OCO3)c2ccccc2)o1. The van der Waals surface area contributed by atoms with Gasteiger partial charge >= 0.3 is 0 Å². The van der Waals surface area contributed by atoms with Crippen molar-refractivity contribution in [2.75, 3.05) is 6.79 Å². The number of rotatable bonds is 6. The second kappa shape index (κ2) is 8.18. The van der Waals surface area contributed by atoms with E-state index in [0.717, 1.165) is 22.6 Å². The van der Waals surface area contributed by atoms with Gasteiger partial charge in [0.25, 0.3) is 0 Å². The van der Waals surface area contributed by atoms with Crippen LogP contribution in [0.25, 0.3) is 11.5 Å². The van der Waals surface area contributed by atoms with Crippen LogP contribution in [-0.2, 0) is 6.54 Å². The number of fused-ring (bicyclic) bond motifs is 1.